The molecule has 0 spiro atoms. The minimum atomic E-state index is -2.51. The van der Waals surface area contributed by atoms with Crippen LogP contribution in [0.3, 0.4) is 0 Å². The summed E-state index contributed by atoms with van der Waals surface area (Å²) in [5, 5.41) is 0. The smallest absolute Gasteiger partial charge is 0.338 e. The van der Waals surface area contributed by atoms with Crippen molar-refractivity contribution >= 4 is 52.4 Å². The molecule has 2 bridgehead atoms. The van der Waals surface area contributed by atoms with Gasteiger partial charge in [-0.2, -0.15) is 0 Å². The van der Waals surface area contributed by atoms with E-state index in [-0.39, 0.29) is 31.2 Å². The normalized spacial score (nSPS) is 33.4. The fourth-order valence-corrected chi connectivity index (χ4v) is 17.4. The Morgan fingerprint density at radius 1 is 0.879 bits per heavy atom. The van der Waals surface area contributed by atoms with Gasteiger partial charge in [0.25, 0.3) is 0 Å². The molecule has 1 aliphatic heterocycles. The summed E-state index contributed by atoms with van der Waals surface area (Å²) in [6.07, 6.45) is -4.72. The molecule has 3 fully saturated rings. The van der Waals surface area contributed by atoms with Crippen LogP contribution in [0.15, 0.2) is 41.5 Å². The summed E-state index contributed by atoms with van der Waals surface area (Å²) < 4.78 is 56.4. The highest BCUT2D eigenvalue weighted by molar-refractivity contribution is 7.94. The Morgan fingerprint density at radius 2 is 1.47 bits per heavy atom. The molecule has 324 valence electrons. The van der Waals surface area contributed by atoms with Crippen LogP contribution >= 0.6 is 12.0 Å². The fourth-order valence-electron chi connectivity index (χ4n) is 11.0. The zero-order valence-corrected chi connectivity index (χ0v) is 39.6. The first kappa shape index (κ1) is 45.2. The van der Waals surface area contributed by atoms with Crippen molar-refractivity contribution in [2.24, 2.45) is 16.7 Å². The predicted molar refractivity (Wildman–Crippen MR) is 229 cm³/mol. The molecule has 1 aromatic carbocycles. The minimum Gasteiger partial charge on any atom is -0.455 e. The van der Waals surface area contributed by atoms with Crippen LogP contribution < -0.4 is 0 Å². The van der Waals surface area contributed by atoms with E-state index < -0.39 is 98.8 Å². The highest BCUT2D eigenvalue weighted by atomic mass is 32.2. The topological polar surface area (TPSA) is 133 Å². The molecule has 1 saturated heterocycles. The quantitative estimate of drug-likeness (QED) is 0.0517. The summed E-state index contributed by atoms with van der Waals surface area (Å²) in [6.45, 7) is 23.0. The van der Waals surface area contributed by atoms with Crippen molar-refractivity contribution in [2.75, 3.05) is 12.8 Å². The molecule has 0 radical (unpaired) electrons. The summed E-state index contributed by atoms with van der Waals surface area (Å²) in [5.41, 5.74) is -4.31. The summed E-state index contributed by atoms with van der Waals surface area (Å²) in [5.74, 6) is -3.45. The average Bonchev–Trinajstić information content (AvgIpc) is 3.21. The van der Waals surface area contributed by atoms with Crippen molar-refractivity contribution in [1.82, 2.24) is 0 Å². The van der Waals surface area contributed by atoms with E-state index in [1.807, 2.05) is 33.8 Å². The second-order valence-corrected chi connectivity index (χ2v) is 27.5. The Hall–Kier alpha value is -2.34. The van der Waals surface area contributed by atoms with Crippen molar-refractivity contribution in [3.63, 3.8) is 0 Å². The first-order chi connectivity index (χ1) is 27.8. The van der Waals surface area contributed by atoms with Gasteiger partial charge in [0.1, 0.15) is 17.8 Å². The van der Waals surface area contributed by atoms with E-state index in [1.165, 1.54) is 13.8 Å². The predicted octanol–water partition coefficient (Wildman–Crippen LogP) is 9.01. The number of rotatable bonds is 16. The molecule has 1 heterocycles. The van der Waals surface area contributed by atoms with Crippen LogP contribution in [0.5, 0.6) is 0 Å². The van der Waals surface area contributed by atoms with Gasteiger partial charge in [-0.1, -0.05) is 73.6 Å². The van der Waals surface area contributed by atoms with Gasteiger partial charge in [0.2, 0.25) is 0 Å². The van der Waals surface area contributed by atoms with Gasteiger partial charge in [-0.15, -0.1) is 0 Å². The monoisotopic (exact) mass is 861 g/mol. The first-order valence-electron chi connectivity index (χ1n) is 22.0. The molecule has 3 aliphatic carbocycles. The van der Waals surface area contributed by atoms with Crippen LogP contribution in [0.1, 0.15) is 108 Å². The minimum absolute atomic E-state index is 0.0751. The summed E-state index contributed by atoms with van der Waals surface area (Å²) in [7, 11) is -4.91. The maximum atomic E-state index is 16.4. The molecule has 58 heavy (non-hydrogen) atoms. The lowest BCUT2D eigenvalue weighted by Crippen LogP contribution is -2.82. The van der Waals surface area contributed by atoms with E-state index in [4.69, 9.17) is 33.4 Å². The molecule has 0 aromatic heterocycles. The summed E-state index contributed by atoms with van der Waals surface area (Å²) in [6, 6.07) is 13.5. The second-order valence-electron chi connectivity index (χ2n) is 17.6. The number of hydrogen-bond acceptors (Lipinski definition) is 12. The standard InChI is InChI=1S/C44H68O11SSi2/c1-14-57(15-2,16-3)53-32-26-44(55-56-13)39(51-40(48)31-23-21-20-22-24-31)37-42(12,38(47)36(50-29(8)45)35(28(32)7)41(44,10)11)33(54-58(17-4,18-5)19-6)25-34-43(37,27-49-34)52-30(9)46/h20-24,32-34,36-37,39H,14-19,25-27H2,1-13H3/t32-,33-,34+,36+,37?,39-,42+,43-,44+/m0/s1/i13D. The molecule has 1 aromatic rings. The van der Waals surface area contributed by atoms with Gasteiger partial charge in [0, 0.05) is 39.7 Å². The number of esters is 3. The second kappa shape index (κ2) is 17.6. The van der Waals surface area contributed by atoms with Crippen molar-refractivity contribution < 1.29 is 52.5 Å². The molecule has 11 nitrogen and oxygen atoms in total. The van der Waals surface area contributed by atoms with Gasteiger partial charge in [-0.25, -0.2) is 4.79 Å². The van der Waals surface area contributed by atoms with E-state index >= 15 is 4.79 Å². The molecule has 2 saturated carbocycles. The number of Topliss-reactive ketones (excluding diaryl/α,β-unsaturated/α-hetero) is 1. The van der Waals surface area contributed by atoms with Crippen LogP contribution in [0, 0.1) is 16.7 Å². The van der Waals surface area contributed by atoms with E-state index in [2.05, 4.69) is 41.5 Å². The van der Waals surface area contributed by atoms with Gasteiger partial charge in [0.05, 0.1) is 35.7 Å². The zero-order chi connectivity index (χ0) is 43.8. The Balaban J connectivity index is 1.98. The van der Waals surface area contributed by atoms with Crippen LogP contribution in [0.4, 0.5) is 0 Å². The lowest BCUT2D eigenvalue weighted by atomic mass is 9.44. The highest BCUT2D eigenvalue weighted by Crippen LogP contribution is 2.66. The number of hydrogen-bond donors (Lipinski definition) is 0. The molecule has 1 unspecified atom stereocenters. The average molecular weight is 862 g/mol. The van der Waals surface area contributed by atoms with Crippen molar-refractivity contribution in [3.05, 3.63) is 47.0 Å². The van der Waals surface area contributed by atoms with Crippen LogP contribution in [0.25, 0.3) is 0 Å². The molecule has 0 amide bonds. The number of carbonyl (C=O) groups is 4. The number of carbonyl (C=O) groups excluding carboxylic acids is 4. The highest BCUT2D eigenvalue weighted by Gasteiger charge is 2.79. The van der Waals surface area contributed by atoms with E-state index in [0.717, 1.165) is 53.9 Å². The van der Waals surface area contributed by atoms with E-state index in [9.17, 15) is 14.4 Å². The number of benzene rings is 1. The molecule has 14 heteroatoms. The van der Waals surface area contributed by atoms with Crippen molar-refractivity contribution in [3.8, 4) is 0 Å². The van der Waals surface area contributed by atoms with E-state index in [0.29, 0.717) is 5.57 Å². The first-order valence-corrected chi connectivity index (χ1v) is 27.2. The Labute approximate surface area is 354 Å². The summed E-state index contributed by atoms with van der Waals surface area (Å²) >= 11 is 0.919. The maximum Gasteiger partial charge on any atom is 0.338 e. The molecule has 0 N–H and O–H groups in total. The number of ether oxygens (including phenoxy) is 4. The molecule has 9 atom stereocenters. The van der Waals surface area contributed by atoms with Crippen LogP contribution in [0.2, 0.25) is 36.3 Å². The zero-order valence-electron chi connectivity index (χ0n) is 37.8. The number of ketones is 1. The molecule has 4 aliphatic rings. The van der Waals surface area contributed by atoms with Gasteiger partial charge >= 0.3 is 17.9 Å². The van der Waals surface area contributed by atoms with Gasteiger partial charge in [-0.05, 0) is 85.4 Å². The Morgan fingerprint density at radius 3 is 1.97 bits per heavy atom. The molecule has 5 rings (SSSR count). The number of fused-ring (bicyclic) bond motifs is 5. The third-order valence-electron chi connectivity index (χ3n) is 15.0. The van der Waals surface area contributed by atoms with Crippen LogP contribution in [-0.2, 0) is 46.4 Å². The SMILES string of the molecule is [2H]CSO[C@]12C[C@H](O[Si](CC)(CC)CC)C(C)=C([C@@H](OC(C)=O)C(=O)[C@@]3(C)C([C@@H]1OC(=O)c1ccccc1)[C@]1(OC(C)=O)CO[C@@H]1C[C@@H]3O[Si](CC)(CC)CC)C2(C)C. The third kappa shape index (κ3) is 7.52. The van der Waals surface area contributed by atoms with Crippen LogP contribution in [-0.4, -0.2) is 94.9 Å². The van der Waals surface area contributed by atoms with Crippen molar-refractivity contribution in [2.45, 2.75) is 174 Å². The lowest BCUT2D eigenvalue weighted by Gasteiger charge is -2.69. The summed E-state index contributed by atoms with van der Waals surface area (Å²) in [4.78, 5) is 58.0. The van der Waals surface area contributed by atoms with Gasteiger partial charge in [0.15, 0.2) is 34.1 Å². The van der Waals surface area contributed by atoms with Gasteiger partial charge < -0.3 is 32.0 Å². The largest absolute Gasteiger partial charge is 0.455 e. The molecular weight excluding hydrogens is 793 g/mol. The molecular formula is C44H68O11SSi2. The maximum absolute atomic E-state index is 16.4. The fraction of sp³-hybridized carbons (Fsp3) is 0.727. The van der Waals surface area contributed by atoms with E-state index in [1.54, 1.807) is 24.3 Å². The van der Waals surface area contributed by atoms with Gasteiger partial charge in [-0.3, -0.25) is 14.4 Å². The lowest BCUT2D eigenvalue weighted by molar-refractivity contribution is -0.342. The Bertz CT molecular complexity index is 1740. The van der Waals surface area contributed by atoms with Crippen molar-refractivity contribution in [1.29, 1.82) is 0 Å². The Kier molecular flexibility index (Phi) is 13.7. The third-order valence-corrected chi connectivity index (χ3v) is 24.7.